The number of hydrogen-bond donors (Lipinski definition) is 4. The zero-order valence-corrected chi connectivity index (χ0v) is 22.8. The van der Waals surface area contributed by atoms with Gasteiger partial charge in [-0.25, -0.2) is 0 Å². The Bertz CT molecular complexity index is 708. The van der Waals surface area contributed by atoms with Gasteiger partial charge in [0, 0.05) is 30.8 Å². The lowest BCUT2D eigenvalue weighted by Crippen LogP contribution is -2.09. The van der Waals surface area contributed by atoms with E-state index < -0.39 is 0 Å². The van der Waals surface area contributed by atoms with Crippen molar-refractivity contribution in [2.45, 2.75) is 135 Å². The van der Waals surface area contributed by atoms with E-state index in [4.69, 9.17) is 17.2 Å². The first-order valence-electron chi connectivity index (χ1n) is 14.7. The number of carbonyl (C=O) groups is 2. The van der Waals surface area contributed by atoms with Gasteiger partial charge in [0.25, 0.3) is 0 Å². The van der Waals surface area contributed by atoms with E-state index in [1.54, 1.807) is 0 Å². The van der Waals surface area contributed by atoms with Crippen molar-refractivity contribution < 1.29 is 9.59 Å². The number of primary amides is 2. The van der Waals surface area contributed by atoms with Crippen LogP contribution in [-0.4, -0.2) is 18.4 Å². The number of anilines is 2. The predicted molar refractivity (Wildman–Crippen MR) is 154 cm³/mol. The summed E-state index contributed by atoms with van der Waals surface area (Å²) in [5.41, 5.74) is 20.1. The Morgan fingerprint density at radius 2 is 1.00 bits per heavy atom. The van der Waals surface area contributed by atoms with Gasteiger partial charge in [0.1, 0.15) is 0 Å². The lowest BCUT2D eigenvalue weighted by Gasteiger charge is -2.14. The van der Waals surface area contributed by atoms with Crippen LogP contribution in [0.5, 0.6) is 0 Å². The van der Waals surface area contributed by atoms with Crippen LogP contribution >= 0.6 is 0 Å². The normalized spacial score (nSPS) is 11.0. The number of amides is 2. The Balaban J connectivity index is 2.06. The minimum Gasteiger partial charge on any atom is -0.398 e. The zero-order chi connectivity index (χ0) is 26.3. The average molecular weight is 503 g/mol. The minimum absolute atomic E-state index is 0.178. The lowest BCUT2D eigenvalue weighted by molar-refractivity contribution is -0.119. The van der Waals surface area contributed by atoms with Crippen molar-refractivity contribution in [3.8, 4) is 0 Å². The highest BCUT2D eigenvalue weighted by Crippen LogP contribution is 2.25. The molecule has 6 nitrogen and oxygen atoms in total. The van der Waals surface area contributed by atoms with Crippen LogP contribution in [-0.2, 0) is 16.0 Å². The first-order chi connectivity index (χ1) is 17.5. The molecule has 6 heteroatoms. The van der Waals surface area contributed by atoms with Gasteiger partial charge in [0.15, 0.2) is 0 Å². The maximum absolute atomic E-state index is 10.7. The number of nitrogen functional groups attached to an aromatic ring is 1. The number of nitrogens with one attached hydrogen (secondary N) is 1. The van der Waals surface area contributed by atoms with Gasteiger partial charge < -0.3 is 22.5 Å². The molecule has 1 aromatic rings. The molecule has 0 spiro atoms. The summed E-state index contributed by atoms with van der Waals surface area (Å²) in [6.45, 7) is 1.00. The molecule has 1 rings (SSSR count). The molecule has 0 atom stereocenters. The highest BCUT2D eigenvalue weighted by molar-refractivity contribution is 5.73. The molecule has 206 valence electrons. The Labute approximate surface area is 220 Å². The summed E-state index contributed by atoms with van der Waals surface area (Å²) >= 11 is 0. The van der Waals surface area contributed by atoms with Crippen LogP contribution in [0.3, 0.4) is 0 Å². The second-order valence-electron chi connectivity index (χ2n) is 10.3. The second kappa shape index (κ2) is 22.0. The molecule has 0 aliphatic heterocycles. The molecule has 0 aliphatic carbocycles. The molecular weight excluding hydrogens is 448 g/mol. The Kier molecular flexibility index (Phi) is 19.4. The van der Waals surface area contributed by atoms with Crippen LogP contribution in [0.1, 0.15) is 134 Å². The molecule has 1 aromatic carbocycles. The molecule has 0 fully saturated rings. The summed E-state index contributed by atoms with van der Waals surface area (Å²) in [6, 6.07) is 6.24. The summed E-state index contributed by atoms with van der Waals surface area (Å²) in [6.07, 6.45) is 23.8. The molecule has 0 unspecified atom stereocenters. The number of hydrogen-bond acceptors (Lipinski definition) is 4. The Hall–Kier alpha value is -2.24. The second-order valence-corrected chi connectivity index (χ2v) is 10.3. The fourth-order valence-electron chi connectivity index (χ4n) is 4.77. The third kappa shape index (κ3) is 18.1. The maximum atomic E-state index is 10.7. The molecular formula is C30H54N4O2. The topological polar surface area (TPSA) is 124 Å². The van der Waals surface area contributed by atoms with Crippen molar-refractivity contribution in [3.05, 3.63) is 23.8 Å². The monoisotopic (exact) mass is 502 g/mol. The van der Waals surface area contributed by atoms with Crippen molar-refractivity contribution in [3.63, 3.8) is 0 Å². The minimum atomic E-state index is -0.179. The third-order valence-corrected chi connectivity index (χ3v) is 6.98. The average Bonchev–Trinajstić information content (AvgIpc) is 2.84. The van der Waals surface area contributed by atoms with Crippen LogP contribution in [0.2, 0.25) is 0 Å². The molecule has 36 heavy (non-hydrogen) atoms. The Morgan fingerprint density at radius 1 is 0.583 bits per heavy atom. The predicted octanol–water partition coefficient (Wildman–Crippen LogP) is 7.00. The fraction of sp³-hybridized carbons (Fsp3) is 0.733. The molecule has 0 saturated heterocycles. The van der Waals surface area contributed by atoms with Crippen LogP contribution < -0.4 is 22.5 Å². The summed E-state index contributed by atoms with van der Waals surface area (Å²) in [4.78, 5) is 21.5. The summed E-state index contributed by atoms with van der Waals surface area (Å²) in [7, 11) is 0. The van der Waals surface area contributed by atoms with E-state index in [-0.39, 0.29) is 11.8 Å². The van der Waals surface area contributed by atoms with Gasteiger partial charge in [-0.15, -0.1) is 0 Å². The fourth-order valence-corrected chi connectivity index (χ4v) is 4.77. The van der Waals surface area contributed by atoms with Gasteiger partial charge in [-0.05, 0) is 49.8 Å². The van der Waals surface area contributed by atoms with E-state index in [1.165, 1.54) is 101 Å². The van der Waals surface area contributed by atoms with Gasteiger partial charge in [-0.3, -0.25) is 9.59 Å². The van der Waals surface area contributed by atoms with Gasteiger partial charge in [0.2, 0.25) is 11.8 Å². The van der Waals surface area contributed by atoms with Gasteiger partial charge in [-0.2, -0.15) is 0 Å². The van der Waals surface area contributed by atoms with E-state index in [9.17, 15) is 9.59 Å². The summed E-state index contributed by atoms with van der Waals surface area (Å²) in [5, 5.41) is 3.63. The largest absolute Gasteiger partial charge is 0.398 e. The molecule has 0 saturated carbocycles. The molecule has 0 radical (unpaired) electrons. The highest BCUT2D eigenvalue weighted by Gasteiger charge is 2.06. The van der Waals surface area contributed by atoms with Crippen molar-refractivity contribution >= 4 is 23.2 Å². The summed E-state index contributed by atoms with van der Waals surface area (Å²) in [5.74, 6) is -0.358. The molecule has 0 heterocycles. The number of nitrogens with two attached hydrogens (primary N) is 3. The van der Waals surface area contributed by atoms with E-state index in [0.29, 0.717) is 12.8 Å². The first-order valence-corrected chi connectivity index (χ1v) is 14.7. The van der Waals surface area contributed by atoms with E-state index in [2.05, 4.69) is 11.4 Å². The van der Waals surface area contributed by atoms with Gasteiger partial charge in [-0.1, -0.05) is 96.0 Å². The zero-order valence-electron chi connectivity index (χ0n) is 22.8. The van der Waals surface area contributed by atoms with Crippen molar-refractivity contribution in [1.82, 2.24) is 0 Å². The first kappa shape index (κ1) is 31.8. The van der Waals surface area contributed by atoms with Gasteiger partial charge >= 0.3 is 0 Å². The summed E-state index contributed by atoms with van der Waals surface area (Å²) < 4.78 is 0. The quantitative estimate of drug-likeness (QED) is 0.0848. The van der Waals surface area contributed by atoms with Crippen LogP contribution in [0.15, 0.2) is 18.2 Å². The molecule has 0 bridgehead atoms. The van der Waals surface area contributed by atoms with Gasteiger partial charge in [0.05, 0.1) is 0 Å². The number of unbranched alkanes of at least 4 members (excludes halogenated alkanes) is 16. The molecule has 0 aliphatic rings. The molecule has 7 N–H and O–H groups in total. The van der Waals surface area contributed by atoms with E-state index in [1.807, 2.05) is 12.1 Å². The van der Waals surface area contributed by atoms with Crippen LogP contribution in [0.4, 0.5) is 11.4 Å². The number of rotatable bonds is 25. The number of carbonyl (C=O) groups excluding carboxylic acids is 2. The Morgan fingerprint density at radius 3 is 1.47 bits per heavy atom. The smallest absolute Gasteiger partial charge is 0.217 e. The van der Waals surface area contributed by atoms with Crippen LogP contribution in [0, 0.1) is 0 Å². The number of benzene rings is 1. The van der Waals surface area contributed by atoms with Crippen LogP contribution in [0.25, 0.3) is 0 Å². The third-order valence-electron chi connectivity index (χ3n) is 6.98. The SMILES string of the molecule is NC(=O)CCCCCCCCCCCNc1cccc(N)c1CCCCCCCCCCCC(N)=O. The van der Waals surface area contributed by atoms with Crippen molar-refractivity contribution in [2.24, 2.45) is 11.5 Å². The maximum Gasteiger partial charge on any atom is 0.217 e. The van der Waals surface area contributed by atoms with Crippen molar-refractivity contribution in [2.75, 3.05) is 17.6 Å². The molecule has 0 aromatic heterocycles. The lowest BCUT2D eigenvalue weighted by atomic mass is 10.0. The van der Waals surface area contributed by atoms with Crippen molar-refractivity contribution in [1.29, 1.82) is 0 Å². The standard InChI is InChI=1S/C30H54N4O2/c31-27-21-19-22-28(34-25-18-14-10-6-2-5-9-13-17-24-30(33)36)26(27)20-15-11-7-3-1-4-8-12-16-23-29(32)35/h19,21-22,34H,1-18,20,23-25,31H2,(H2,32,35)(H2,33,36). The highest BCUT2D eigenvalue weighted by atomic mass is 16.1. The van der Waals surface area contributed by atoms with E-state index >= 15 is 0 Å². The van der Waals surface area contributed by atoms with E-state index in [0.717, 1.165) is 44.3 Å². The molecule has 2 amide bonds.